The van der Waals surface area contributed by atoms with Gasteiger partial charge in [-0.05, 0) is 37.0 Å². The molecule has 1 unspecified atom stereocenters. The number of hydrogen-bond donors (Lipinski definition) is 2. The highest BCUT2D eigenvalue weighted by Gasteiger charge is 2.34. The second-order valence-electron chi connectivity index (χ2n) is 8.72. The molecule has 9 heteroatoms. The number of nitrogens with zero attached hydrogens (tertiary/aromatic N) is 4. The number of aliphatic imine (C=N–C) groups is 1. The van der Waals surface area contributed by atoms with Crippen LogP contribution in [0.4, 0.5) is 4.39 Å². The van der Waals surface area contributed by atoms with E-state index >= 15 is 0 Å². The first-order valence-electron chi connectivity index (χ1n) is 11.3. The number of rotatable bonds is 6. The molecule has 0 amide bonds. The van der Waals surface area contributed by atoms with Crippen molar-refractivity contribution < 1.29 is 9.13 Å². The largest absolute Gasteiger partial charge is 0.377 e. The third kappa shape index (κ3) is 5.78. The molecule has 2 aromatic rings. The van der Waals surface area contributed by atoms with Crippen LogP contribution in [0.15, 0.2) is 29.3 Å². The van der Waals surface area contributed by atoms with Crippen LogP contribution in [0.3, 0.4) is 0 Å². The van der Waals surface area contributed by atoms with E-state index in [1.807, 2.05) is 10.7 Å². The Morgan fingerprint density at radius 3 is 2.84 bits per heavy atom. The number of methoxy groups -OCH3 is 1. The Hall–Kier alpha value is -1.75. The van der Waals surface area contributed by atoms with E-state index in [1.54, 1.807) is 20.2 Å². The van der Waals surface area contributed by atoms with Crippen molar-refractivity contribution in [3.63, 3.8) is 0 Å². The highest BCUT2D eigenvalue weighted by Crippen LogP contribution is 2.39. The number of aromatic nitrogens is 3. The first kappa shape index (κ1) is 24.9. The van der Waals surface area contributed by atoms with Gasteiger partial charge in [-0.25, -0.2) is 14.1 Å². The molecule has 1 aliphatic heterocycles. The summed E-state index contributed by atoms with van der Waals surface area (Å²) in [5.41, 5.74) is 1.03. The standard InChI is InChI=1S/C23H33FN6O.HI/c1-25-22(27-19-9-10-21-28-20(15-31-2)29-30(21)14-19)26-16-23(11-4-3-5-12-23)17-7-6-8-18(24)13-17;/h6-8,13,19H,3-5,9-12,14-16H2,1-2H3,(H2,25,26,27);1H. The second kappa shape index (κ2) is 11.4. The van der Waals surface area contributed by atoms with Crippen molar-refractivity contribution >= 4 is 29.9 Å². The Morgan fingerprint density at radius 1 is 1.31 bits per heavy atom. The monoisotopic (exact) mass is 556 g/mol. The van der Waals surface area contributed by atoms with Crippen LogP contribution in [0.1, 0.15) is 55.7 Å². The molecule has 7 nitrogen and oxygen atoms in total. The average molecular weight is 556 g/mol. The molecular formula is C23H34FIN6O. The number of nitrogens with one attached hydrogen (secondary N) is 2. The fourth-order valence-electron chi connectivity index (χ4n) is 4.92. The third-order valence-corrected chi connectivity index (χ3v) is 6.58. The number of hydrogen-bond acceptors (Lipinski definition) is 4. The maximum Gasteiger partial charge on any atom is 0.191 e. The third-order valence-electron chi connectivity index (χ3n) is 6.58. The minimum absolute atomic E-state index is 0. The van der Waals surface area contributed by atoms with E-state index in [2.05, 4.69) is 31.8 Å². The summed E-state index contributed by atoms with van der Waals surface area (Å²) >= 11 is 0. The van der Waals surface area contributed by atoms with E-state index < -0.39 is 0 Å². The summed E-state index contributed by atoms with van der Waals surface area (Å²) in [5, 5.41) is 11.6. The Kier molecular flexibility index (Phi) is 8.87. The van der Waals surface area contributed by atoms with Gasteiger partial charge in [0.25, 0.3) is 0 Å². The van der Waals surface area contributed by atoms with Crippen LogP contribution in [0.2, 0.25) is 0 Å². The summed E-state index contributed by atoms with van der Waals surface area (Å²) in [7, 11) is 3.45. The van der Waals surface area contributed by atoms with Gasteiger partial charge in [-0.1, -0.05) is 31.4 Å². The summed E-state index contributed by atoms with van der Waals surface area (Å²) in [6, 6.07) is 7.34. The zero-order valence-electron chi connectivity index (χ0n) is 18.9. The molecular weight excluding hydrogens is 522 g/mol. The van der Waals surface area contributed by atoms with Crippen molar-refractivity contribution in [2.24, 2.45) is 4.99 Å². The fraction of sp³-hybridized carbons (Fsp3) is 0.609. The SMILES string of the molecule is CN=C(NCC1(c2cccc(F)c2)CCCCC1)NC1CCc2nc(COC)nn2C1.I. The van der Waals surface area contributed by atoms with E-state index in [0.717, 1.165) is 61.9 Å². The smallest absolute Gasteiger partial charge is 0.191 e. The molecule has 0 radical (unpaired) electrons. The highest BCUT2D eigenvalue weighted by atomic mass is 127. The molecule has 2 heterocycles. The van der Waals surface area contributed by atoms with Crippen LogP contribution >= 0.6 is 24.0 Å². The second-order valence-corrected chi connectivity index (χ2v) is 8.72. The van der Waals surface area contributed by atoms with Crippen molar-refractivity contribution in [2.45, 2.75) is 69.6 Å². The van der Waals surface area contributed by atoms with Gasteiger partial charge in [0.15, 0.2) is 11.8 Å². The molecule has 176 valence electrons. The lowest BCUT2D eigenvalue weighted by molar-refractivity contribution is 0.177. The first-order valence-corrected chi connectivity index (χ1v) is 11.3. The molecule has 0 spiro atoms. The van der Waals surface area contributed by atoms with Gasteiger partial charge in [0.05, 0.1) is 6.54 Å². The number of ether oxygens (including phenoxy) is 1. The van der Waals surface area contributed by atoms with Gasteiger partial charge in [-0.15, -0.1) is 24.0 Å². The van der Waals surface area contributed by atoms with Gasteiger partial charge in [-0.3, -0.25) is 4.99 Å². The summed E-state index contributed by atoms with van der Waals surface area (Å²) < 4.78 is 21.1. The Bertz CT molecular complexity index is 912. The van der Waals surface area contributed by atoms with Crippen molar-refractivity contribution in [3.05, 3.63) is 47.3 Å². The molecule has 1 aliphatic carbocycles. The zero-order chi connectivity index (χ0) is 21.7. The number of guanidine groups is 1. The minimum atomic E-state index is -0.163. The van der Waals surface area contributed by atoms with E-state index in [1.165, 1.54) is 25.3 Å². The van der Waals surface area contributed by atoms with Crippen LogP contribution < -0.4 is 10.6 Å². The predicted molar refractivity (Wildman–Crippen MR) is 134 cm³/mol. The van der Waals surface area contributed by atoms with Crippen molar-refractivity contribution in [3.8, 4) is 0 Å². The van der Waals surface area contributed by atoms with E-state index in [-0.39, 0.29) is 41.3 Å². The van der Waals surface area contributed by atoms with Crippen LogP contribution in [-0.4, -0.2) is 47.5 Å². The van der Waals surface area contributed by atoms with Crippen molar-refractivity contribution in [1.82, 2.24) is 25.4 Å². The first-order chi connectivity index (χ1) is 15.1. The van der Waals surface area contributed by atoms with Gasteiger partial charge < -0.3 is 15.4 Å². The molecule has 1 atom stereocenters. The predicted octanol–water partition coefficient (Wildman–Crippen LogP) is 3.56. The quantitative estimate of drug-likeness (QED) is 0.324. The molecule has 1 aromatic heterocycles. The average Bonchev–Trinajstić information content (AvgIpc) is 3.19. The fourth-order valence-corrected chi connectivity index (χ4v) is 4.92. The molecule has 1 aromatic carbocycles. The summed E-state index contributed by atoms with van der Waals surface area (Å²) in [6.07, 6.45) is 7.57. The Balaban J connectivity index is 0.00000289. The van der Waals surface area contributed by atoms with E-state index in [9.17, 15) is 4.39 Å². The van der Waals surface area contributed by atoms with Crippen molar-refractivity contribution in [2.75, 3.05) is 20.7 Å². The Labute approximate surface area is 206 Å². The lowest BCUT2D eigenvalue weighted by Gasteiger charge is -2.39. The van der Waals surface area contributed by atoms with Crippen molar-refractivity contribution in [1.29, 1.82) is 0 Å². The Morgan fingerprint density at radius 2 is 2.12 bits per heavy atom. The van der Waals surface area contributed by atoms with Crippen LogP contribution in [-0.2, 0) is 29.7 Å². The highest BCUT2D eigenvalue weighted by molar-refractivity contribution is 14.0. The topological polar surface area (TPSA) is 76.4 Å². The lowest BCUT2D eigenvalue weighted by atomic mass is 9.69. The minimum Gasteiger partial charge on any atom is -0.377 e. The molecule has 2 aliphatic rings. The number of aryl methyl sites for hydroxylation is 1. The van der Waals surface area contributed by atoms with Crippen LogP contribution in [0.25, 0.3) is 0 Å². The molecule has 2 N–H and O–H groups in total. The number of benzene rings is 1. The van der Waals surface area contributed by atoms with Gasteiger partial charge in [0.2, 0.25) is 0 Å². The summed E-state index contributed by atoms with van der Waals surface area (Å²) in [4.78, 5) is 9.00. The maximum atomic E-state index is 14.0. The summed E-state index contributed by atoms with van der Waals surface area (Å²) in [5.74, 6) is 2.37. The van der Waals surface area contributed by atoms with E-state index in [4.69, 9.17) is 4.74 Å². The van der Waals surface area contributed by atoms with Gasteiger partial charge >= 0.3 is 0 Å². The number of fused-ring (bicyclic) bond motifs is 1. The molecule has 0 saturated heterocycles. The van der Waals surface area contributed by atoms with Crippen LogP contribution in [0, 0.1) is 5.82 Å². The van der Waals surface area contributed by atoms with Crippen LogP contribution in [0.5, 0.6) is 0 Å². The van der Waals surface area contributed by atoms with Gasteiger partial charge in [0.1, 0.15) is 18.2 Å². The summed E-state index contributed by atoms with van der Waals surface area (Å²) in [6.45, 7) is 1.93. The normalized spacial score (nSPS) is 20.2. The van der Waals surface area contributed by atoms with Gasteiger partial charge in [0, 0.05) is 38.6 Å². The maximum absolute atomic E-state index is 14.0. The molecule has 4 rings (SSSR count). The molecule has 1 fully saturated rings. The van der Waals surface area contributed by atoms with E-state index in [0.29, 0.717) is 6.61 Å². The molecule has 1 saturated carbocycles. The van der Waals surface area contributed by atoms with Gasteiger partial charge in [-0.2, -0.15) is 5.10 Å². The molecule has 0 bridgehead atoms. The lowest BCUT2D eigenvalue weighted by Crippen LogP contribution is -2.51. The zero-order valence-corrected chi connectivity index (χ0v) is 21.3. The number of halogens is 2. The molecule has 32 heavy (non-hydrogen) atoms.